The van der Waals surface area contributed by atoms with Gasteiger partial charge >= 0.3 is 5.97 Å². The molecule has 0 heterocycles. The van der Waals surface area contributed by atoms with Gasteiger partial charge in [-0.1, -0.05) is 15.9 Å². The van der Waals surface area contributed by atoms with Crippen molar-refractivity contribution in [3.63, 3.8) is 0 Å². The topological polar surface area (TPSA) is 75.6 Å². The van der Waals surface area contributed by atoms with E-state index >= 15 is 0 Å². The second-order valence-electron chi connectivity index (χ2n) is 4.88. The van der Waals surface area contributed by atoms with Gasteiger partial charge in [0.2, 0.25) is 5.91 Å². The molecule has 2 rings (SSSR count). The predicted molar refractivity (Wildman–Crippen MR) is 77.8 cm³/mol. The largest absolute Gasteiger partial charge is 0.495 e. The Morgan fingerprint density at radius 2 is 2.05 bits per heavy atom. The van der Waals surface area contributed by atoms with Crippen molar-refractivity contribution in [1.82, 2.24) is 0 Å². The van der Waals surface area contributed by atoms with Crippen LogP contribution in [0.3, 0.4) is 0 Å². The Bertz CT molecular complexity index is 532. The monoisotopic (exact) mass is 341 g/mol. The Balaban J connectivity index is 2.04. The second kappa shape index (κ2) is 6.26. The smallest absolute Gasteiger partial charge is 0.306 e. The molecule has 0 spiro atoms. The van der Waals surface area contributed by atoms with E-state index in [1.807, 2.05) is 6.07 Å². The molecule has 0 unspecified atom stereocenters. The molecule has 5 nitrogen and oxygen atoms in total. The lowest BCUT2D eigenvalue weighted by molar-refractivity contribution is -0.141. The molecule has 0 bridgehead atoms. The molecular weight excluding hydrogens is 326 g/mol. The zero-order valence-corrected chi connectivity index (χ0v) is 12.6. The highest BCUT2D eigenvalue weighted by Crippen LogP contribution is 2.33. The van der Waals surface area contributed by atoms with Gasteiger partial charge in [0.25, 0.3) is 0 Å². The van der Waals surface area contributed by atoms with Crippen molar-refractivity contribution < 1.29 is 19.4 Å². The number of carboxylic acids is 1. The minimum absolute atomic E-state index is 0.144. The summed E-state index contributed by atoms with van der Waals surface area (Å²) in [6, 6.07) is 5.33. The SMILES string of the molecule is COc1cc(Br)ccc1NC(=O)[C@@H]1CC[C@H](C(=O)O)C1. The normalized spacial score (nSPS) is 21.5. The highest BCUT2D eigenvalue weighted by atomic mass is 79.9. The van der Waals surface area contributed by atoms with Crippen LogP contribution >= 0.6 is 15.9 Å². The van der Waals surface area contributed by atoms with Crippen molar-refractivity contribution >= 4 is 33.5 Å². The fourth-order valence-corrected chi connectivity index (χ4v) is 2.79. The Labute approximate surface area is 125 Å². The van der Waals surface area contributed by atoms with E-state index in [-0.39, 0.29) is 11.8 Å². The first-order chi connectivity index (χ1) is 9.51. The molecule has 0 aromatic heterocycles. The Kier molecular flexibility index (Phi) is 4.65. The van der Waals surface area contributed by atoms with Gasteiger partial charge in [-0.2, -0.15) is 0 Å². The van der Waals surface area contributed by atoms with Crippen molar-refractivity contribution in [3.05, 3.63) is 22.7 Å². The molecule has 0 radical (unpaired) electrons. The number of aliphatic carboxylic acids is 1. The average molecular weight is 342 g/mol. The van der Waals surface area contributed by atoms with Crippen LogP contribution in [0.5, 0.6) is 5.75 Å². The molecule has 1 amide bonds. The fourth-order valence-electron chi connectivity index (χ4n) is 2.45. The van der Waals surface area contributed by atoms with Crippen molar-refractivity contribution in [2.75, 3.05) is 12.4 Å². The molecule has 1 fully saturated rings. The van der Waals surface area contributed by atoms with E-state index in [1.165, 1.54) is 7.11 Å². The Hall–Kier alpha value is -1.56. The molecule has 6 heteroatoms. The van der Waals surface area contributed by atoms with Crippen molar-refractivity contribution in [2.24, 2.45) is 11.8 Å². The minimum atomic E-state index is -0.818. The third-order valence-corrected chi connectivity index (χ3v) is 4.07. The standard InChI is InChI=1S/C14H16BrNO4/c1-20-12-7-10(15)4-5-11(12)16-13(17)8-2-3-9(6-8)14(18)19/h4-5,7-9H,2-3,6H2,1H3,(H,16,17)(H,18,19)/t8-,9+/m1/s1. The Morgan fingerprint density at radius 1 is 1.35 bits per heavy atom. The maximum absolute atomic E-state index is 12.2. The van der Waals surface area contributed by atoms with Crippen LogP contribution in [-0.2, 0) is 9.59 Å². The summed E-state index contributed by atoms with van der Waals surface area (Å²) in [5.41, 5.74) is 0.597. The number of anilines is 1. The highest BCUT2D eigenvalue weighted by Gasteiger charge is 2.34. The van der Waals surface area contributed by atoms with E-state index < -0.39 is 11.9 Å². The maximum atomic E-state index is 12.2. The van der Waals surface area contributed by atoms with Crippen LogP contribution < -0.4 is 10.1 Å². The molecule has 20 heavy (non-hydrogen) atoms. The highest BCUT2D eigenvalue weighted by molar-refractivity contribution is 9.10. The molecule has 1 saturated carbocycles. The molecule has 1 aliphatic carbocycles. The zero-order valence-electron chi connectivity index (χ0n) is 11.1. The molecule has 1 aromatic carbocycles. The van der Waals surface area contributed by atoms with Gasteiger partial charge in [0, 0.05) is 10.4 Å². The van der Waals surface area contributed by atoms with Crippen LogP contribution in [-0.4, -0.2) is 24.1 Å². The summed E-state index contributed by atoms with van der Waals surface area (Å²) in [5.74, 6) is -1.04. The number of hydrogen-bond donors (Lipinski definition) is 2. The summed E-state index contributed by atoms with van der Waals surface area (Å²) in [7, 11) is 1.54. The molecule has 1 aliphatic rings. The van der Waals surface area contributed by atoms with Gasteiger partial charge in [0.15, 0.2) is 0 Å². The van der Waals surface area contributed by atoms with Crippen molar-refractivity contribution in [3.8, 4) is 5.75 Å². The van der Waals surface area contributed by atoms with Gasteiger partial charge in [-0.05, 0) is 37.5 Å². The number of carboxylic acid groups (broad SMARTS) is 1. The van der Waals surface area contributed by atoms with E-state index in [4.69, 9.17) is 9.84 Å². The summed E-state index contributed by atoms with van der Waals surface area (Å²) in [6.07, 6.45) is 1.58. The molecule has 2 N–H and O–H groups in total. The maximum Gasteiger partial charge on any atom is 0.306 e. The fraction of sp³-hybridized carbons (Fsp3) is 0.429. The number of methoxy groups -OCH3 is 1. The first kappa shape index (κ1) is 14.8. The van der Waals surface area contributed by atoms with Crippen LogP contribution in [0.4, 0.5) is 5.69 Å². The second-order valence-corrected chi connectivity index (χ2v) is 5.79. The predicted octanol–water partition coefficient (Wildman–Crippen LogP) is 2.90. The van der Waals surface area contributed by atoms with Crippen LogP contribution in [0, 0.1) is 11.8 Å². The van der Waals surface area contributed by atoms with E-state index in [2.05, 4.69) is 21.2 Å². The third-order valence-electron chi connectivity index (χ3n) is 3.57. The summed E-state index contributed by atoms with van der Waals surface area (Å²) in [4.78, 5) is 23.1. The summed E-state index contributed by atoms with van der Waals surface area (Å²) >= 11 is 3.34. The van der Waals surface area contributed by atoms with E-state index in [0.717, 1.165) is 4.47 Å². The molecular formula is C14H16BrNO4. The van der Waals surface area contributed by atoms with Crippen molar-refractivity contribution in [1.29, 1.82) is 0 Å². The number of benzene rings is 1. The van der Waals surface area contributed by atoms with Gasteiger partial charge < -0.3 is 15.2 Å². The molecule has 1 aromatic rings. The lowest BCUT2D eigenvalue weighted by Crippen LogP contribution is -2.22. The number of amides is 1. The average Bonchev–Trinajstić information content (AvgIpc) is 2.90. The van der Waals surface area contributed by atoms with Crippen LogP contribution in [0.2, 0.25) is 0 Å². The van der Waals surface area contributed by atoms with Gasteiger partial charge in [-0.15, -0.1) is 0 Å². The van der Waals surface area contributed by atoms with Gasteiger partial charge in [-0.3, -0.25) is 9.59 Å². The number of carbonyl (C=O) groups is 2. The summed E-state index contributed by atoms with van der Waals surface area (Å²) in [5, 5.41) is 11.8. The number of rotatable bonds is 4. The lowest BCUT2D eigenvalue weighted by atomic mass is 10.0. The summed E-state index contributed by atoms with van der Waals surface area (Å²) < 4.78 is 6.07. The van der Waals surface area contributed by atoms with Gasteiger partial charge in [0.05, 0.1) is 18.7 Å². The zero-order chi connectivity index (χ0) is 14.7. The summed E-state index contributed by atoms with van der Waals surface area (Å²) in [6.45, 7) is 0. The number of nitrogens with one attached hydrogen (secondary N) is 1. The van der Waals surface area contributed by atoms with E-state index in [0.29, 0.717) is 30.7 Å². The number of hydrogen-bond acceptors (Lipinski definition) is 3. The third kappa shape index (κ3) is 3.30. The van der Waals surface area contributed by atoms with Crippen LogP contribution in [0.1, 0.15) is 19.3 Å². The quantitative estimate of drug-likeness (QED) is 0.882. The number of ether oxygens (including phenoxy) is 1. The number of halogens is 1. The van der Waals surface area contributed by atoms with Gasteiger partial charge in [0.1, 0.15) is 5.75 Å². The molecule has 108 valence electrons. The first-order valence-corrected chi connectivity index (χ1v) is 7.17. The molecule has 2 atom stereocenters. The Morgan fingerprint density at radius 3 is 2.65 bits per heavy atom. The van der Waals surface area contributed by atoms with Crippen LogP contribution in [0.25, 0.3) is 0 Å². The van der Waals surface area contributed by atoms with E-state index in [9.17, 15) is 9.59 Å². The molecule has 0 saturated heterocycles. The number of carbonyl (C=O) groups excluding carboxylic acids is 1. The minimum Gasteiger partial charge on any atom is -0.495 e. The first-order valence-electron chi connectivity index (χ1n) is 6.38. The van der Waals surface area contributed by atoms with Gasteiger partial charge in [-0.25, -0.2) is 0 Å². The molecule has 0 aliphatic heterocycles. The van der Waals surface area contributed by atoms with E-state index in [1.54, 1.807) is 12.1 Å². The lowest BCUT2D eigenvalue weighted by Gasteiger charge is -2.13. The van der Waals surface area contributed by atoms with Crippen molar-refractivity contribution in [2.45, 2.75) is 19.3 Å². The van der Waals surface area contributed by atoms with Crippen LogP contribution in [0.15, 0.2) is 22.7 Å².